The molecular formula is C28H28AsI. The molecule has 30 heavy (non-hydrogen) atoms. The first-order valence-electron chi connectivity index (χ1n) is 10.2. The predicted octanol–water partition coefficient (Wildman–Crippen LogP) is 1.30. The maximum atomic E-state index is 2.38. The van der Waals surface area contributed by atoms with Crippen LogP contribution >= 0.6 is 0 Å². The first-order chi connectivity index (χ1) is 14.1. The molecular weight excluding hydrogens is 538 g/mol. The minimum atomic E-state index is -2.98. The third-order valence-corrected chi connectivity index (χ3v) is 16.2. The molecule has 0 radical (unpaired) electrons. The fourth-order valence-electron chi connectivity index (χ4n) is 4.54. The van der Waals surface area contributed by atoms with Gasteiger partial charge in [0.25, 0.3) is 0 Å². The summed E-state index contributed by atoms with van der Waals surface area (Å²) in [7, 11) is 0. The minimum absolute atomic E-state index is 0. The van der Waals surface area contributed by atoms with Gasteiger partial charge in [-0.05, 0) is 0 Å². The molecule has 4 rings (SSSR count). The molecule has 0 aliphatic heterocycles. The number of aryl methyl sites for hydroxylation is 4. The summed E-state index contributed by atoms with van der Waals surface area (Å²) in [6.07, 6.45) is 0. The standard InChI is InChI=1S/C28H28As.HI/c1-21-13-5-9-17-25(21)29(26-18-10-6-14-22(26)2,27-19-11-7-15-23(27)3)28-20-12-8-16-24(28)4;/h5-20H,1-4H3;1H/q+1;/p-1. The first-order valence-corrected chi connectivity index (χ1v) is 14.0. The van der Waals surface area contributed by atoms with Crippen molar-refractivity contribution in [2.24, 2.45) is 0 Å². The maximum Gasteiger partial charge on any atom is -1.00 e. The fourth-order valence-corrected chi connectivity index (χ4v) is 15.5. The van der Waals surface area contributed by atoms with E-state index in [0.29, 0.717) is 0 Å². The molecule has 0 atom stereocenters. The summed E-state index contributed by atoms with van der Waals surface area (Å²) >= 11 is -2.98. The summed E-state index contributed by atoms with van der Waals surface area (Å²) in [5.41, 5.74) is 5.54. The van der Waals surface area contributed by atoms with Gasteiger partial charge < -0.3 is 24.0 Å². The van der Waals surface area contributed by atoms with Gasteiger partial charge in [0.15, 0.2) is 0 Å². The van der Waals surface area contributed by atoms with Crippen LogP contribution in [-0.2, 0) is 0 Å². The van der Waals surface area contributed by atoms with Crippen LogP contribution in [0.2, 0.25) is 0 Å². The van der Waals surface area contributed by atoms with E-state index in [1.54, 1.807) is 0 Å². The van der Waals surface area contributed by atoms with Crippen molar-refractivity contribution in [2.45, 2.75) is 27.7 Å². The second-order valence-corrected chi connectivity index (χ2v) is 14.7. The molecule has 0 aromatic heterocycles. The number of hydrogen-bond donors (Lipinski definition) is 0. The molecule has 0 unspecified atom stereocenters. The molecule has 4 aromatic rings. The van der Waals surface area contributed by atoms with Crippen LogP contribution in [0.15, 0.2) is 97.1 Å². The molecule has 0 aliphatic rings. The van der Waals surface area contributed by atoms with Crippen LogP contribution in [0.1, 0.15) is 22.3 Å². The van der Waals surface area contributed by atoms with Crippen molar-refractivity contribution in [2.75, 3.05) is 0 Å². The second-order valence-electron chi connectivity index (χ2n) is 7.82. The summed E-state index contributed by atoms with van der Waals surface area (Å²) in [4.78, 5) is 0. The number of hydrogen-bond acceptors (Lipinski definition) is 0. The van der Waals surface area contributed by atoms with E-state index in [1.807, 2.05) is 0 Å². The third kappa shape index (κ3) is 3.79. The molecule has 0 N–H and O–H groups in total. The van der Waals surface area contributed by atoms with Crippen LogP contribution in [-0.4, -0.2) is 13.6 Å². The van der Waals surface area contributed by atoms with Crippen molar-refractivity contribution < 1.29 is 24.0 Å². The van der Waals surface area contributed by atoms with Gasteiger partial charge in [-0.25, -0.2) is 0 Å². The van der Waals surface area contributed by atoms with Crippen molar-refractivity contribution in [3.8, 4) is 0 Å². The van der Waals surface area contributed by atoms with Crippen LogP contribution in [0.4, 0.5) is 0 Å². The van der Waals surface area contributed by atoms with Gasteiger partial charge in [0.2, 0.25) is 0 Å². The molecule has 0 saturated carbocycles. The summed E-state index contributed by atoms with van der Waals surface area (Å²) in [6, 6.07) is 36.2. The van der Waals surface area contributed by atoms with Crippen LogP contribution in [0.5, 0.6) is 0 Å². The third-order valence-electron chi connectivity index (χ3n) is 5.91. The summed E-state index contributed by atoms with van der Waals surface area (Å²) < 4.78 is 6.07. The molecule has 4 aromatic carbocycles. The Hall–Kier alpha value is -1.83. The van der Waals surface area contributed by atoms with Crippen LogP contribution in [0.25, 0.3) is 0 Å². The van der Waals surface area contributed by atoms with E-state index in [9.17, 15) is 0 Å². The molecule has 152 valence electrons. The van der Waals surface area contributed by atoms with E-state index in [-0.39, 0.29) is 24.0 Å². The van der Waals surface area contributed by atoms with Gasteiger partial charge in [-0.3, -0.25) is 0 Å². The SMILES string of the molecule is Cc1ccccc1[As+](c1ccccc1C)(c1ccccc1C)c1ccccc1C.[I-]. The van der Waals surface area contributed by atoms with Gasteiger partial charge in [-0.15, -0.1) is 0 Å². The van der Waals surface area contributed by atoms with Gasteiger partial charge >= 0.3 is 178 Å². The summed E-state index contributed by atoms with van der Waals surface area (Å²) in [5.74, 6) is 0. The normalized spacial score (nSPS) is 11.1. The van der Waals surface area contributed by atoms with Crippen LogP contribution in [0.3, 0.4) is 0 Å². The maximum absolute atomic E-state index is 2.98. The van der Waals surface area contributed by atoms with Gasteiger partial charge in [-0.1, -0.05) is 0 Å². The van der Waals surface area contributed by atoms with Crippen molar-refractivity contribution in [3.63, 3.8) is 0 Å². The molecule has 0 bridgehead atoms. The Bertz CT molecular complexity index is 975. The number of benzene rings is 4. The van der Waals surface area contributed by atoms with E-state index in [1.165, 1.54) is 39.7 Å². The molecule has 0 heterocycles. The zero-order chi connectivity index (χ0) is 20.4. The van der Waals surface area contributed by atoms with Crippen LogP contribution in [0, 0.1) is 27.7 Å². The Labute approximate surface area is 200 Å². The minimum Gasteiger partial charge on any atom is -1.00 e. The van der Waals surface area contributed by atoms with Crippen LogP contribution < -0.4 is 41.4 Å². The number of halogens is 1. The van der Waals surface area contributed by atoms with Crippen molar-refractivity contribution >= 4 is 31.0 Å². The average Bonchev–Trinajstić information content (AvgIpc) is 2.73. The molecule has 0 fully saturated rings. The van der Waals surface area contributed by atoms with Crippen molar-refractivity contribution in [1.82, 2.24) is 0 Å². The summed E-state index contributed by atoms with van der Waals surface area (Å²) in [6.45, 7) is 9.11. The number of rotatable bonds is 4. The average molecular weight is 566 g/mol. The van der Waals surface area contributed by atoms with Gasteiger partial charge in [0.1, 0.15) is 0 Å². The van der Waals surface area contributed by atoms with E-state index < -0.39 is 13.6 Å². The Morgan fingerprint density at radius 2 is 0.567 bits per heavy atom. The smallest absolute Gasteiger partial charge is 1.00 e. The van der Waals surface area contributed by atoms with E-state index in [0.717, 1.165) is 0 Å². The van der Waals surface area contributed by atoms with Gasteiger partial charge in [0.05, 0.1) is 0 Å². The Morgan fingerprint density at radius 1 is 0.367 bits per heavy atom. The second kappa shape index (κ2) is 9.54. The Balaban J connectivity index is 0.00000256. The Kier molecular flexibility index (Phi) is 7.26. The fraction of sp³-hybridized carbons (Fsp3) is 0.143. The van der Waals surface area contributed by atoms with E-state index in [4.69, 9.17) is 0 Å². The zero-order valence-electron chi connectivity index (χ0n) is 18.1. The zero-order valence-corrected chi connectivity index (χ0v) is 22.1. The molecule has 0 saturated heterocycles. The molecule has 0 nitrogen and oxygen atoms in total. The summed E-state index contributed by atoms with van der Waals surface area (Å²) in [5, 5.41) is 0. The molecule has 0 amide bonds. The van der Waals surface area contributed by atoms with Gasteiger partial charge in [-0.2, -0.15) is 0 Å². The van der Waals surface area contributed by atoms with Crippen molar-refractivity contribution in [1.29, 1.82) is 0 Å². The topological polar surface area (TPSA) is 0 Å². The van der Waals surface area contributed by atoms with E-state index in [2.05, 4.69) is 125 Å². The monoisotopic (exact) mass is 566 g/mol. The molecule has 2 heteroatoms. The largest absolute Gasteiger partial charge is 1.00 e. The molecule has 0 spiro atoms. The van der Waals surface area contributed by atoms with Gasteiger partial charge in [0, 0.05) is 0 Å². The predicted molar refractivity (Wildman–Crippen MR) is 129 cm³/mol. The quantitative estimate of drug-likeness (QED) is 0.258. The molecule has 0 aliphatic carbocycles. The van der Waals surface area contributed by atoms with E-state index >= 15 is 0 Å². The first kappa shape index (κ1) is 22.8. The Morgan fingerprint density at radius 3 is 0.767 bits per heavy atom. The van der Waals surface area contributed by atoms with Crippen molar-refractivity contribution in [3.05, 3.63) is 119 Å².